The molecule has 1 heterocycles. The molecule has 1 aliphatic rings. The van der Waals surface area contributed by atoms with Crippen LogP contribution in [0.4, 0.5) is 0 Å². The number of ether oxygens (including phenoxy) is 2. The number of thioether (sulfide) groups is 1. The Morgan fingerprint density at radius 3 is 2.81 bits per heavy atom. The molecule has 7 heteroatoms. The van der Waals surface area contributed by atoms with Gasteiger partial charge in [0.1, 0.15) is 4.32 Å². The van der Waals surface area contributed by atoms with E-state index in [1.165, 1.54) is 11.8 Å². The highest BCUT2D eigenvalue weighted by atomic mass is 79.9. The van der Waals surface area contributed by atoms with Crippen LogP contribution in [0, 0.1) is 0 Å². The second-order valence-electron chi connectivity index (χ2n) is 4.23. The van der Waals surface area contributed by atoms with Crippen molar-refractivity contribution in [3.8, 4) is 11.5 Å². The molecule has 1 N–H and O–H groups in total. The van der Waals surface area contributed by atoms with Gasteiger partial charge < -0.3 is 14.8 Å². The predicted octanol–water partition coefficient (Wildman–Crippen LogP) is 3.74. The Hall–Kier alpha value is -1.05. The number of hydrogen-bond acceptors (Lipinski definition) is 5. The number of carbonyl (C=O) groups excluding carboxylic acids is 1. The Kier molecular flexibility index (Phi) is 5.66. The van der Waals surface area contributed by atoms with Crippen LogP contribution in [-0.2, 0) is 4.79 Å². The van der Waals surface area contributed by atoms with Gasteiger partial charge in [-0.15, -0.1) is 0 Å². The fourth-order valence-corrected chi connectivity index (χ4v) is 3.36. The van der Waals surface area contributed by atoms with Gasteiger partial charge in [0.15, 0.2) is 11.5 Å². The average molecular weight is 388 g/mol. The van der Waals surface area contributed by atoms with Gasteiger partial charge in [0.05, 0.1) is 23.1 Å². The minimum absolute atomic E-state index is 0.175. The lowest BCUT2D eigenvalue weighted by Crippen LogP contribution is -2.17. The molecule has 2 rings (SSSR count). The quantitative estimate of drug-likeness (QED) is 0.615. The van der Waals surface area contributed by atoms with E-state index in [1.807, 2.05) is 19.1 Å². The zero-order chi connectivity index (χ0) is 15.4. The van der Waals surface area contributed by atoms with E-state index in [4.69, 9.17) is 21.7 Å². The Morgan fingerprint density at radius 1 is 1.48 bits per heavy atom. The maximum atomic E-state index is 11.7. The molecule has 0 spiro atoms. The number of amides is 1. The molecule has 1 fully saturated rings. The molecule has 21 heavy (non-hydrogen) atoms. The second-order valence-corrected chi connectivity index (χ2v) is 6.81. The average Bonchev–Trinajstić information content (AvgIpc) is 2.75. The maximum absolute atomic E-state index is 11.7. The van der Waals surface area contributed by atoms with Crippen LogP contribution in [0.3, 0.4) is 0 Å². The number of halogens is 1. The first-order valence-corrected chi connectivity index (χ1v) is 8.32. The summed E-state index contributed by atoms with van der Waals surface area (Å²) in [4.78, 5) is 12.2. The van der Waals surface area contributed by atoms with E-state index in [0.29, 0.717) is 27.3 Å². The third kappa shape index (κ3) is 3.99. The van der Waals surface area contributed by atoms with Crippen molar-refractivity contribution < 1.29 is 14.3 Å². The molecule has 0 aromatic heterocycles. The lowest BCUT2D eigenvalue weighted by molar-refractivity contribution is -0.115. The highest BCUT2D eigenvalue weighted by molar-refractivity contribution is 9.10. The lowest BCUT2D eigenvalue weighted by atomic mass is 10.2. The van der Waals surface area contributed by atoms with Gasteiger partial charge >= 0.3 is 0 Å². The van der Waals surface area contributed by atoms with Crippen LogP contribution in [-0.4, -0.2) is 23.9 Å². The topological polar surface area (TPSA) is 47.6 Å². The SMILES string of the molecule is CCCOc1c(Br)cc(/C=C2\SC(=S)NC2=O)cc1OC. The van der Waals surface area contributed by atoms with Crippen molar-refractivity contribution in [3.63, 3.8) is 0 Å². The Bertz CT molecular complexity index is 616. The first kappa shape index (κ1) is 16.3. The van der Waals surface area contributed by atoms with Crippen molar-refractivity contribution in [3.05, 3.63) is 27.1 Å². The van der Waals surface area contributed by atoms with Gasteiger partial charge in [-0.05, 0) is 46.1 Å². The van der Waals surface area contributed by atoms with Gasteiger partial charge in [0, 0.05) is 0 Å². The van der Waals surface area contributed by atoms with Crippen LogP contribution < -0.4 is 14.8 Å². The minimum Gasteiger partial charge on any atom is -0.493 e. The van der Waals surface area contributed by atoms with Crippen LogP contribution in [0.25, 0.3) is 6.08 Å². The highest BCUT2D eigenvalue weighted by Crippen LogP contribution is 2.38. The summed E-state index contributed by atoms with van der Waals surface area (Å²) in [5.41, 5.74) is 0.838. The molecule has 4 nitrogen and oxygen atoms in total. The third-order valence-corrected chi connectivity index (χ3v) is 4.39. The summed E-state index contributed by atoms with van der Waals surface area (Å²) in [6.45, 7) is 2.65. The summed E-state index contributed by atoms with van der Waals surface area (Å²) in [7, 11) is 1.59. The molecule has 1 saturated heterocycles. The molecule has 0 unspecified atom stereocenters. The van der Waals surface area contributed by atoms with Crippen LogP contribution >= 0.6 is 39.9 Å². The Morgan fingerprint density at radius 2 is 2.24 bits per heavy atom. The van der Waals surface area contributed by atoms with E-state index >= 15 is 0 Å². The first-order valence-electron chi connectivity index (χ1n) is 6.30. The van der Waals surface area contributed by atoms with Gasteiger partial charge in [-0.25, -0.2) is 0 Å². The Balaban J connectivity index is 2.34. The number of methoxy groups -OCH3 is 1. The number of carbonyl (C=O) groups is 1. The van der Waals surface area contributed by atoms with Crippen molar-refractivity contribution in [2.45, 2.75) is 13.3 Å². The molecule has 0 radical (unpaired) electrons. The largest absolute Gasteiger partial charge is 0.493 e. The monoisotopic (exact) mass is 387 g/mol. The van der Waals surface area contributed by atoms with Gasteiger partial charge in [-0.3, -0.25) is 4.79 Å². The number of hydrogen-bond donors (Lipinski definition) is 1. The summed E-state index contributed by atoms with van der Waals surface area (Å²) >= 11 is 9.70. The van der Waals surface area contributed by atoms with Crippen molar-refractivity contribution in [2.24, 2.45) is 0 Å². The van der Waals surface area contributed by atoms with E-state index < -0.39 is 0 Å². The summed E-state index contributed by atoms with van der Waals surface area (Å²) in [6, 6.07) is 3.72. The molecule has 0 aliphatic carbocycles. The molecule has 1 aromatic carbocycles. The van der Waals surface area contributed by atoms with E-state index in [-0.39, 0.29) is 5.91 Å². The zero-order valence-electron chi connectivity index (χ0n) is 11.6. The molecule has 0 saturated carbocycles. The number of benzene rings is 1. The van der Waals surface area contributed by atoms with Crippen LogP contribution in [0.2, 0.25) is 0 Å². The molecule has 0 atom stereocenters. The lowest BCUT2D eigenvalue weighted by Gasteiger charge is -2.13. The summed E-state index contributed by atoms with van der Waals surface area (Å²) in [6.07, 6.45) is 2.69. The van der Waals surface area contributed by atoms with Crippen molar-refractivity contribution in [2.75, 3.05) is 13.7 Å². The van der Waals surface area contributed by atoms with Crippen molar-refractivity contribution >= 4 is 56.2 Å². The fraction of sp³-hybridized carbons (Fsp3) is 0.286. The third-order valence-electron chi connectivity index (χ3n) is 2.64. The summed E-state index contributed by atoms with van der Waals surface area (Å²) in [5, 5.41) is 2.59. The minimum atomic E-state index is -0.175. The molecule has 0 bridgehead atoms. The van der Waals surface area contributed by atoms with Crippen LogP contribution in [0.15, 0.2) is 21.5 Å². The van der Waals surface area contributed by atoms with Gasteiger partial charge in [0.25, 0.3) is 5.91 Å². The standard InChI is InChI=1S/C14H14BrNO3S2/c1-3-4-19-12-9(15)5-8(6-10(12)18-2)7-11-13(17)16-14(20)21-11/h5-7H,3-4H2,1-2H3,(H,16,17,20)/b11-7-. The predicted molar refractivity (Wildman–Crippen MR) is 92.8 cm³/mol. The number of rotatable bonds is 5. The smallest absolute Gasteiger partial charge is 0.263 e. The normalized spacial score (nSPS) is 16.2. The van der Waals surface area contributed by atoms with E-state index in [0.717, 1.165) is 16.5 Å². The van der Waals surface area contributed by atoms with Crippen LogP contribution in [0.5, 0.6) is 11.5 Å². The van der Waals surface area contributed by atoms with Crippen molar-refractivity contribution in [1.29, 1.82) is 0 Å². The van der Waals surface area contributed by atoms with Gasteiger partial charge in [0.2, 0.25) is 0 Å². The summed E-state index contributed by atoms with van der Waals surface area (Å²) in [5.74, 6) is 1.11. The molecular weight excluding hydrogens is 374 g/mol. The molecule has 1 amide bonds. The molecule has 1 aromatic rings. The second kappa shape index (κ2) is 7.29. The van der Waals surface area contributed by atoms with Crippen LogP contribution in [0.1, 0.15) is 18.9 Å². The van der Waals surface area contributed by atoms with E-state index in [2.05, 4.69) is 21.2 Å². The van der Waals surface area contributed by atoms with Gasteiger partial charge in [-0.1, -0.05) is 30.9 Å². The zero-order valence-corrected chi connectivity index (χ0v) is 14.8. The molecular formula is C14H14BrNO3S2. The Labute approximate surface area is 141 Å². The highest BCUT2D eigenvalue weighted by Gasteiger charge is 2.22. The summed E-state index contributed by atoms with van der Waals surface area (Å²) < 4.78 is 12.3. The van der Waals surface area contributed by atoms with Crippen molar-refractivity contribution in [1.82, 2.24) is 5.32 Å². The fourth-order valence-electron chi connectivity index (χ4n) is 1.74. The van der Waals surface area contributed by atoms with Gasteiger partial charge in [-0.2, -0.15) is 0 Å². The maximum Gasteiger partial charge on any atom is 0.263 e. The van der Waals surface area contributed by atoms with E-state index in [9.17, 15) is 4.79 Å². The number of nitrogens with one attached hydrogen (secondary N) is 1. The molecule has 112 valence electrons. The first-order chi connectivity index (χ1) is 10.0. The number of thiocarbonyl (C=S) groups is 1. The van der Waals surface area contributed by atoms with E-state index in [1.54, 1.807) is 13.2 Å². The molecule has 1 aliphatic heterocycles.